The van der Waals surface area contributed by atoms with Crippen molar-refractivity contribution in [1.29, 1.82) is 0 Å². The fourth-order valence-corrected chi connectivity index (χ4v) is 2.20. The average Bonchev–Trinajstić information content (AvgIpc) is 2.61. The predicted molar refractivity (Wildman–Crippen MR) is 95.0 cm³/mol. The third kappa shape index (κ3) is 6.63. The van der Waals surface area contributed by atoms with Crippen LogP contribution in [0.2, 0.25) is 0 Å². The van der Waals surface area contributed by atoms with E-state index in [2.05, 4.69) is 10.3 Å². The Morgan fingerprint density at radius 2 is 1.92 bits per heavy atom. The highest BCUT2D eigenvalue weighted by atomic mass is 16.5. The maximum atomic E-state index is 11.8. The van der Waals surface area contributed by atoms with Crippen LogP contribution in [0.25, 0.3) is 0 Å². The van der Waals surface area contributed by atoms with Crippen LogP contribution < -0.4 is 10.1 Å². The summed E-state index contributed by atoms with van der Waals surface area (Å²) in [4.78, 5) is 29.4. The van der Waals surface area contributed by atoms with Gasteiger partial charge in [0.1, 0.15) is 5.75 Å². The van der Waals surface area contributed by atoms with Crippen molar-refractivity contribution in [3.8, 4) is 5.75 Å². The van der Waals surface area contributed by atoms with Gasteiger partial charge in [-0.15, -0.1) is 0 Å². The van der Waals surface area contributed by atoms with Crippen molar-refractivity contribution >= 4 is 11.8 Å². The molecule has 6 nitrogen and oxygen atoms in total. The van der Waals surface area contributed by atoms with Gasteiger partial charge >= 0.3 is 0 Å². The van der Waals surface area contributed by atoms with Gasteiger partial charge in [-0.3, -0.25) is 14.6 Å². The minimum Gasteiger partial charge on any atom is -0.484 e. The van der Waals surface area contributed by atoms with Gasteiger partial charge in [-0.2, -0.15) is 0 Å². The number of carbonyl (C=O) groups excluding carboxylic acids is 2. The Balaban J connectivity index is 1.72. The minimum absolute atomic E-state index is 0.0522. The number of rotatable bonds is 8. The van der Waals surface area contributed by atoms with E-state index in [0.717, 1.165) is 11.3 Å². The van der Waals surface area contributed by atoms with E-state index >= 15 is 0 Å². The van der Waals surface area contributed by atoms with Gasteiger partial charge in [0.15, 0.2) is 6.61 Å². The zero-order chi connectivity index (χ0) is 18.1. The van der Waals surface area contributed by atoms with Crippen LogP contribution in [0, 0.1) is 6.92 Å². The quantitative estimate of drug-likeness (QED) is 0.796. The van der Waals surface area contributed by atoms with E-state index in [4.69, 9.17) is 4.74 Å². The summed E-state index contributed by atoms with van der Waals surface area (Å²) in [6, 6.07) is 13.1. The molecule has 2 rings (SSSR count). The van der Waals surface area contributed by atoms with Crippen molar-refractivity contribution in [1.82, 2.24) is 15.2 Å². The first-order chi connectivity index (χ1) is 12.0. The van der Waals surface area contributed by atoms with Crippen LogP contribution in [0.4, 0.5) is 0 Å². The fourth-order valence-electron chi connectivity index (χ4n) is 2.20. The van der Waals surface area contributed by atoms with Crippen molar-refractivity contribution in [3.05, 3.63) is 59.9 Å². The number of pyridine rings is 1. The van der Waals surface area contributed by atoms with Crippen LogP contribution in [-0.2, 0) is 16.1 Å². The number of carbonyl (C=O) groups is 2. The molecule has 0 spiro atoms. The van der Waals surface area contributed by atoms with Gasteiger partial charge in [0.25, 0.3) is 5.91 Å². The molecule has 0 aliphatic heterocycles. The van der Waals surface area contributed by atoms with Crippen molar-refractivity contribution in [2.24, 2.45) is 0 Å². The molecule has 1 heterocycles. The molecule has 0 saturated carbocycles. The van der Waals surface area contributed by atoms with E-state index in [9.17, 15) is 9.59 Å². The van der Waals surface area contributed by atoms with E-state index in [-0.39, 0.29) is 18.4 Å². The standard InChI is InChI=1S/C19H23N3O3/c1-15-6-8-18(9-7-15)25-14-19(24)21-11-12-22(16(2)23)13-17-5-3-4-10-20-17/h3-10H,11-14H2,1-2H3,(H,21,24). The van der Waals surface area contributed by atoms with Crippen LogP contribution in [0.1, 0.15) is 18.2 Å². The summed E-state index contributed by atoms with van der Waals surface area (Å²) in [6.45, 7) is 4.65. The molecule has 0 atom stereocenters. The van der Waals surface area contributed by atoms with E-state index in [1.165, 1.54) is 6.92 Å². The van der Waals surface area contributed by atoms with Gasteiger partial charge < -0.3 is 15.0 Å². The van der Waals surface area contributed by atoms with Gasteiger partial charge in [-0.1, -0.05) is 23.8 Å². The first-order valence-corrected chi connectivity index (χ1v) is 8.16. The lowest BCUT2D eigenvalue weighted by molar-refractivity contribution is -0.130. The second-order valence-electron chi connectivity index (χ2n) is 5.71. The molecule has 132 valence electrons. The van der Waals surface area contributed by atoms with Gasteiger partial charge in [-0.25, -0.2) is 0 Å². The molecule has 6 heteroatoms. The molecule has 0 saturated heterocycles. The smallest absolute Gasteiger partial charge is 0.258 e. The van der Waals surface area contributed by atoms with Crippen LogP contribution in [-0.4, -0.2) is 41.4 Å². The molecule has 0 fully saturated rings. The normalized spacial score (nSPS) is 10.2. The number of hydrogen-bond acceptors (Lipinski definition) is 4. The van der Waals surface area contributed by atoms with E-state index < -0.39 is 0 Å². The molecule has 0 aliphatic rings. The lowest BCUT2D eigenvalue weighted by Crippen LogP contribution is -2.38. The van der Waals surface area contributed by atoms with Crippen LogP contribution >= 0.6 is 0 Å². The molecule has 0 radical (unpaired) electrons. The summed E-state index contributed by atoms with van der Waals surface area (Å²) in [7, 11) is 0. The van der Waals surface area contributed by atoms with Gasteiger partial charge in [0.2, 0.25) is 5.91 Å². The van der Waals surface area contributed by atoms with E-state index in [1.807, 2.05) is 49.4 Å². The summed E-state index contributed by atoms with van der Waals surface area (Å²) in [6.07, 6.45) is 1.69. The third-order valence-electron chi connectivity index (χ3n) is 3.62. The second-order valence-corrected chi connectivity index (χ2v) is 5.71. The number of nitrogens with one attached hydrogen (secondary N) is 1. The number of ether oxygens (including phenoxy) is 1. The lowest BCUT2D eigenvalue weighted by atomic mass is 10.2. The molecule has 2 aromatic rings. The SMILES string of the molecule is CC(=O)N(CCNC(=O)COc1ccc(C)cc1)Cc1ccccn1. The summed E-state index contributed by atoms with van der Waals surface area (Å²) in [5, 5.41) is 2.76. The maximum absolute atomic E-state index is 11.8. The molecular formula is C19H23N3O3. The number of amides is 2. The maximum Gasteiger partial charge on any atom is 0.258 e. The van der Waals surface area contributed by atoms with Gasteiger partial charge in [0.05, 0.1) is 12.2 Å². The second kappa shape index (κ2) is 9.42. The first-order valence-electron chi connectivity index (χ1n) is 8.16. The Bertz CT molecular complexity index is 687. The van der Waals surface area contributed by atoms with E-state index in [0.29, 0.717) is 25.4 Å². The number of hydrogen-bond donors (Lipinski definition) is 1. The zero-order valence-corrected chi connectivity index (χ0v) is 14.6. The fraction of sp³-hybridized carbons (Fsp3) is 0.316. The minimum atomic E-state index is -0.220. The molecule has 2 amide bonds. The highest BCUT2D eigenvalue weighted by molar-refractivity contribution is 5.77. The molecule has 0 unspecified atom stereocenters. The lowest BCUT2D eigenvalue weighted by Gasteiger charge is -2.20. The molecule has 0 aliphatic carbocycles. The Kier molecular flexibility index (Phi) is 6.95. The number of aromatic nitrogens is 1. The Morgan fingerprint density at radius 1 is 1.16 bits per heavy atom. The van der Waals surface area contributed by atoms with Crippen molar-refractivity contribution in [2.75, 3.05) is 19.7 Å². The molecule has 1 aromatic heterocycles. The molecule has 25 heavy (non-hydrogen) atoms. The third-order valence-corrected chi connectivity index (χ3v) is 3.62. The number of nitrogens with zero attached hydrogens (tertiary/aromatic N) is 2. The largest absolute Gasteiger partial charge is 0.484 e. The highest BCUT2D eigenvalue weighted by Crippen LogP contribution is 2.10. The Hall–Kier alpha value is -2.89. The van der Waals surface area contributed by atoms with Crippen molar-refractivity contribution in [3.63, 3.8) is 0 Å². The van der Waals surface area contributed by atoms with Gasteiger partial charge in [-0.05, 0) is 31.2 Å². The average molecular weight is 341 g/mol. The topological polar surface area (TPSA) is 71.5 Å². The highest BCUT2D eigenvalue weighted by Gasteiger charge is 2.10. The van der Waals surface area contributed by atoms with Crippen LogP contribution in [0.15, 0.2) is 48.7 Å². The molecule has 1 aromatic carbocycles. The summed E-state index contributed by atoms with van der Waals surface area (Å²) in [5.41, 5.74) is 1.95. The predicted octanol–water partition coefficient (Wildman–Crippen LogP) is 1.93. The molecule has 0 bridgehead atoms. The Labute approximate surface area is 147 Å². The van der Waals surface area contributed by atoms with Gasteiger partial charge in [0, 0.05) is 26.2 Å². The Morgan fingerprint density at radius 3 is 2.56 bits per heavy atom. The summed E-state index contributed by atoms with van der Waals surface area (Å²) in [5.74, 6) is 0.374. The van der Waals surface area contributed by atoms with Crippen LogP contribution in [0.3, 0.4) is 0 Å². The first kappa shape index (κ1) is 18.4. The molecular weight excluding hydrogens is 318 g/mol. The van der Waals surface area contributed by atoms with Crippen molar-refractivity contribution < 1.29 is 14.3 Å². The summed E-state index contributed by atoms with van der Waals surface area (Å²) >= 11 is 0. The number of aryl methyl sites for hydroxylation is 1. The van der Waals surface area contributed by atoms with Crippen LogP contribution in [0.5, 0.6) is 5.75 Å². The van der Waals surface area contributed by atoms with E-state index in [1.54, 1.807) is 11.1 Å². The zero-order valence-electron chi connectivity index (χ0n) is 14.6. The van der Waals surface area contributed by atoms with Crippen molar-refractivity contribution in [2.45, 2.75) is 20.4 Å². The summed E-state index contributed by atoms with van der Waals surface area (Å²) < 4.78 is 5.42. The number of benzene rings is 1. The monoisotopic (exact) mass is 341 g/mol. The molecule has 1 N–H and O–H groups in total.